The Balaban J connectivity index is 3.31. The van der Waals surface area contributed by atoms with Gasteiger partial charge in [-0.1, -0.05) is 449 Å². The van der Waals surface area contributed by atoms with E-state index in [1.165, 1.54) is 411 Å². The minimum Gasteiger partial charge on any atom is -0.466 e. The van der Waals surface area contributed by atoms with Gasteiger partial charge in [0.1, 0.15) is 0 Å². The van der Waals surface area contributed by atoms with Crippen LogP contribution in [0.4, 0.5) is 0 Å². The van der Waals surface area contributed by atoms with Crippen LogP contribution >= 0.6 is 0 Å². The Hall–Kier alpha value is -1.66. The molecule has 2 atom stereocenters. The fraction of sp³-hybridized carbons (Fsp3) is 0.931. The van der Waals surface area contributed by atoms with Gasteiger partial charge in [-0.25, -0.2) is 0 Å². The molecule has 0 fully saturated rings. The predicted molar refractivity (Wildman–Crippen MR) is 412 cm³/mol. The van der Waals surface area contributed by atoms with E-state index in [0.29, 0.717) is 25.9 Å². The van der Waals surface area contributed by atoms with E-state index in [0.717, 1.165) is 51.4 Å². The smallest absolute Gasteiger partial charge is 0.305 e. The highest BCUT2D eigenvalue weighted by atomic mass is 16.5. The molecule has 0 aromatic carbocycles. The number of carbonyl (C=O) groups excluding carboxylic acids is 2. The Morgan fingerprint density at radius 1 is 0.301 bits per heavy atom. The molecule has 0 aromatic rings. The first kappa shape index (κ1) is 91.3. The Bertz CT molecular complexity index is 1460. The molecule has 93 heavy (non-hydrogen) atoms. The van der Waals surface area contributed by atoms with Gasteiger partial charge >= 0.3 is 5.97 Å². The molecule has 0 aliphatic carbocycles. The second kappa shape index (κ2) is 82.8. The highest BCUT2D eigenvalue weighted by Crippen LogP contribution is 2.21. The maximum Gasteiger partial charge on any atom is 0.305 e. The molecule has 552 valence electrons. The number of allylic oxidation sites excluding steroid dienone is 4. The van der Waals surface area contributed by atoms with Crippen LogP contribution in [0, 0.1) is 0 Å². The molecule has 0 spiro atoms. The molecule has 0 bridgehead atoms. The second-order valence-electron chi connectivity index (χ2n) is 29.9. The maximum atomic E-state index is 12.6. The molecule has 6 heteroatoms. The molecule has 0 radical (unpaired) electrons. The van der Waals surface area contributed by atoms with Crippen molar-refractivity contribution in [3.63, 3.8) is 0 Å². The standard InChI is InChI=1S/C87H169NO5/c1-3-5-7-9-11-13-15-17-19-21-22-23-39-42-45-48-51-55-59-63-67-71-75-79-85(90)84(83-89)88-86(91)80-76-72-68-64-60-56-52-49-46-43-40-37-35-33-31-29-27-25-24-26-28-30-32-34-36-38-41-44-47-50-54-58-62-66-70-74-78-82-93-87(92)81-77-73-69-65-61-57-53-20-18-16-14-12-10-8-6-4-2/h14,16,20,53,84-85,89-90H,3-13,15,17-19,21-52,54-83H2,1-2H3,(H,88,91)/b16-14-,53-20-. The van der Waals surface area contributed by atoms with Gasteiger partial charge < -0.3 is 20.3 Å². The fourth-order valence-electron chi connectivity index (χ4n) is 14.0. The SMILES string of the molecule is CCCCCC/C=C\C/C=C\CCCCCCCC(=O)OCCCCCCCCCCCCCCCCCCCCCCCCCCCCCCCCCCCCCCCC(=O)NC(CO)C(O)CCCCCCCCCCCCCCCCCCCCCCCCC. The Kier molecular flexibility index (Phi) is 81.3. The minimum atomic E-state index is -0.661. The summed E-state index contributed by atoms with van der Waals surface area (Å²) in [7, 11) is 0. The number of esters is 1. The summed E-state index contributed by atoms with van der Waals surface area (Å²) in [5, 5.41) is 23.5. The zero-order valence-corrected chi connectivity index (χ0v) is 63.5. The van der Waals surface area contributed by atoms with E-state index in [9.17, 15) is 19.8 Å². The number of nitrogens with one attached hydrogen (secondary N) is 1. The van der Waals surface area contributed by atoms with Gasteiger partial charge in [-0.05, 0) is 57.8 Å². The number of unbranched alkanes of at least 4 members (excludes halogenated alkanes) is 67. The van der Waals surface area contributed by atoms with E-state index in [1.54, 1.807) is 0 Å². The topological polar surface area (TPSA) is 95.9 Å². The average molecular weight is 1310 g/mol. The molecule has 3 N–H and O–H groups in total. The van der Waals surface area contributed by atoms with Crippen LogP contribution in [-0.2, 0) is 14.3 Å². The van der Waals surface area contributed by atoms with Crippen molar-refractivity contribution < 1.29 is 24.5 Å². The molecule has 0 aliphatic rings. The lowest BCUT2D eigenvalue weighted by atomic mass is 10.0. The lowest BCUT2D eigenvalue weighted by Crippen LogP contribution is -2.45. The van der Waals surface area contributed by atoms with E-state index in [2.05, 4.69) is 43.5 Å². The van der Waals surface area contributed by atoms with Gasteiger partial charge in [0.25, 0.3) is 0 Å². The van der Waals surface area contributed by atoms with Gasteiger partial charge in [0.05, 0.1) is 25.4 Å². The Labute approximate surface area is 583 Å². The van der Waals surface area contributed by atoms with Crippen molar-refractivity contribution in [3.8, 4) is 0 Å². The van der Waals surface area contributed by atoms with Crippen LogP contribution in [0.3, 0.4) is 0 Å². The summed E-state index contributed by atoms with van der Waals surface area (Å²) >= 11 is 0. The van der Waals surface area contributed by atoms with Crippen molar-refractivity contribution in [2.75, 3.05) is 13.2 Å². The molecular formula is C87H169NO5. The number of hydrogen-bond acceptors (Lipinski definition) is 5. The predicted octanol–water partition coefficient (Wildman–Crippen LogP) is 28.8. The molecule has 6 nitrogen and oxygen atoms in total. The number of aliphatic hydroxyl groups excluding tert-OH is 2. The maximum absolute atomic E-state index is 12.6. The van der Waals surface area contributed by atoms with Gasteiger partial charge in [-0.3, -0.25) is 9.59 Å². The van der Waals surface area contributed by atoms with Gasteiger partial charge in [0.2, 0.25) is 5.91 Å². The quantitative estimate of drug-likeness (QED) is 0.0320. The average Bonchev–Trinajstić information content (AvgIpc) is 3.78. The highest BCUT2D eigenvalue weighted by Gasteiger charge is 2.20. The van der Waals surface area contributed by atoms with Crippen molar-refractivity contribution in [2.24, 2.45) is 0 Å². The summed E-state index contributed by atoms with van der Waals surface area (Å²) in [6.45, 7) is 4.99. The van der Waals surface area contributed by atoms with Crippen molar-refractivity contribution in [1.82, 2.24) is 5.32 Å². The molecule has 0 aromatic heterocycles. The third kappa shape index (κ3) is 79.2. The largest absolute Gasteiger partial charge is 0.466 e. The van der Waals surface area contributed by atoms with Crippen LogP contribution in [0.5, 0.6) is 0 Å². The van der Waals surface area contributed by atoms with Gasteiger partial charge in [-0.2, -0.15) is 0 Å². The van der Waals surface area contributed by atoms with Crippen molar-refractivity contribution in [2.45, 2.75) is 508 Å². The van der Waals surface area contributed by atoms with E-state index in [-0.39, 0.29) is 18.5 Å². The van der Waals surface area contributed by atoms with E-state index < -0.39 is 12.1 Å². The molecule has 0 rings (SSSR count). The first-order chi connectivity index (χ1) is 46.0. The molecular weight excluding hydrogens is 1140 g/mol. The summed E-state index contributed by atoms with van der Waals surface area (Å²) in [5.74, 6) is -0.0121. The van der Waals surface area contributed by atoms with Crippen LogP contribution < -0.4 is 5.32 Å². The summed E-state index contributed by atoms with van der Waals surface area (Å²) < 4.78 is 5.50. The Morgan fingerprint density at radius 3 is 0.828 bits per heavy atom. The first-order valence-electron chi connectivity index (χ1n) is 43.1. The number of ether oxygens (including phenoxy) is 1. The third-order valence-electron chi connectivity index (χ3n) is 20.5. The van der Waals surface area contributed by atoms with Crippen LogP contribution in [0.25, 0.3) is 0 Å². The van der Waals surface area contributed by atoms with Crippen molar-refractivity contribution in [3.05, 3.63) is 24.3 Å². The van der Waals surface area contributed by atoms with Gasteiger partial charge in [0, 0.05) is 12.8 Å². The summed E-state index contributed by atoms with van der Waals surface area (Å²) in [5.41, 5.74) is 0. The van der Waals surface area contributed by atoms with E-state index >= 15 is 0 Å². The van der Waals surface area contributed by atoms with Crippen molar-refractivity contribution >= 4 is 11.9 Å². The first-order valence-corrected chi connectivity index (χ1v) is 43.1. The van der Waals surface area contributed by atoms with Crippen LogP contribution in [0.2, 0.25) is 0 Å². The Morgan fingerprint density at radius 2 is 0.538 bits per heavy atom. The lowest BCUT2D eigenvalue weighted by Gasteiger charge is -2.22. The zero-order chi connectivity index (χ0) is 67.0. The number of carbonyl (C=O) groups is 2. The van der Waals surface area contributed by atoms with E-state index in [4.69, 9.17) is 4.74 Å². The number of rotatable bonds is 82. The van der Waals surface area contributed by atoms with Gasteiger partial charge in [-0.15, -0.1) is 0 Å². The fourth-order valence-corrected chi connectivity index (χ4v) is 14.0. The molecule has 1 amide bonds. The molecule has 2 unspecified atom stereocenters. The molecule has 0 aliphatic heterocycles. The molecule has 0 saturated carbocycles. The zero-order valence-electron chi connectivity index (χ0n) is 63.5. The monoisotopic (exact) mass is 1310 g/mol. The van der Waals surface area contributed by atoms with E-state index in [1.807, 2.05) is 0 Å². The van der Waals surface area contributed by atoms with Crippen LogP contribution in [0.15, 0.2) is 24.3 Å². The van der Waals surface area contributed by atoms with Gasteiger partial charge in [0.15, 0.2) is 0 Å². The number of amides is 1. The second-order valence-corrected chi connectivity index (χ2v) is 29.9. The van der Waals surface area contributed by atoms with Crippen LogP contribution in [0.1, 0.15) is 495 Å². The summed E-state index contributed by atoms with van der Waals surface area (Å²) in [4.78, 5) is 24.7. The lowest BCUT2D eigenvalue weighted by molar-refractivity contribution is -0.143. The number of aliphatic hydroxyl groups is 2. The number of hydrogen-bond donors (Lipinski definition) is 3. The van der Waals surface area contributed by atoms with Crippen molar-refractivity contribution in [1.29, 1.82) is 0 Å². The minimum absolute atomic E-state index is 0.0109. The normalized spacial score (nSPS) is 12.5. The third-order valence-corrected chi connectivity index (χ3v) is 20.5. The summed E-state index contributed by atoms with van der Waals surface area (Å²) in [6, 6.07) is -0.538. The summed E-state index contributed by atoms with van der Waals surface area (Å²) in [6.07, 6.45) is 107. The molecule has 0 saturated heterocycles. The highest BCUT2D eigenvalue weighted by molar-refractivity contribution is 5.76. The van der Waals surface area contributed by atoms with Crippen LogP contribution in [-0.4, -0.2) is 47.4 Å². The molecule has 0 heterocycles.